The maximum absolute atomic E-state index is 12.4. The lowest BCUT2D eigenvalue weighted by molar-refractivity contribution is -0.129. The van der Waals surface area contributed by atoms with Crippen molar-refractivity contribution in [2.75, 3.05) is 6.54 Å². The van der Waals surface area contributed by atoms with E-state index in [0.29, 0.717) is 12.1 Å². The summed E-state index contributed by atoms with van der Waals surface area (Å²) in [4.78, 5) is 27.6. The van der Waals surface area contributed by atoms with Gasteiger partial charge in [0.25, 0.3) is 5.91 Å². The number of esters is 1. The Morgan fingerprint density at radius 2 is 2.08 bits per heavy atom. The number of fused-ring (bicyclic) bond motifs is 3. The van der Waals surface area contributed by atoms with Gasteiger partial charge in [0, 0.05) is 23.1 Å². The van der Waals surface area contributed by atoms with E-state index in [0.717, 1.165) is 30.2 Å². The second kappa shape index (κ2) is 7.07. The van der Waals surface area contributed by atoms with Crippen molar-refractivity contribution in [2.45, 2.75) is 52.1 Å². The Bertz CT molecular complexity index is 763. The number of carbonyl (C=O) groups excluding carboxylic acids is 2. The SMILES string of the molecule is CCCNC(=O)[C@H](C)OC(=O)c1ccc2[nH]c3c(c2c1)CCCC3. The highest BCUT2D eigenvalue weighted by Gasteiger charge is 2.20. The molecule has 0 spiro atoms. The van der Waals surface area contributed by atoms with E-state index >= 15 is 0 Å². The summed E-state index contributed by atoms with van der Waals surface area (Å²) in [6.07, 6.45) is 4.56. The van der Waals surface area contributed by atoms with Crippen molar-refractivity contribution >= 4 is 22.8 Å². The third-order valence-electron chi connectivity index (χ3n) is 4.54. The van der Waals surface area contributed by atoms with Crippen LogP contribution in [-0.2, 0) is 22.4 Å². The second-order valence-electron chi connectivity index (χ2n) is 6.39. The third-order valence-corrected chi connectivity index (χ3v) is 4.54. The first-order valence-electron chi connectivity index (χ1n) is 8.72. The molecule has 3 rings (SSSR count). The minimum absolute atomic E-state index is 0.259. The molecule has 0 saturated carbocycles. The molecule has 5 heteroatoms. The summed E-state index contributed by atoms with van der Waals surface area (Å²) in [7, 11) is 0. The van der Waals surface area contributed by atoms with Crippen LogP contribution in [-0.4, -0.2) is 29.5 Å². The van der Waals surface area contributed by atoms with Crippen molar-refractivity contribution in [2.24, 2.45) is 0 Å². The van der Waals surface area contributed by atoms with Crippen LogP contribution < -0.4 is 5.32 Å². The van der Waals surface area contributed by atoms with E-state index in [9.17, 15) is 9.59 Å². The largest absolute Gasteiger partial charge is 0.449 e. The molecule has 1 aromatic heterocycles. The first-order chi connectivity index (χ1) is 11.6. The molecule has 128 valence electrons. The van der Waals surface area contributed by atoms with Crippen LogP contribution in [0.1, 0.15) is 54.7 Å². The lowest BCUT2D eigenvalue weighted by Crippen LogP contribution is -2.36. The number of nitrogens with one attached hydrogen (secondary N) is 2. The predicted octanol–water partition coefficient (Wildman–Crippen LogP) is 3.12. The third kappa shape index (κ3) is 3.30. The van der Waals surface area contributed by atoms with Gasteiger partial charge in [-0.25, -0.2) is 4.79 Å². The Labute approximate surface area is 141 Å². The molecule has 24 heavy (non-hydrogen) atoms. The molecule has 0 unspecified atom stereocenters. The zero-order valence-corrected chi connectivity index (χ0v) is 14.3. The number of amides is 1. The fraction of sp³-hybridized carbons (Fsp3) is 0.474. The van der Waals surface area contributed by atoms with Crippen LogP contribution in [0.25, 0.3) is 10.9 Å². The first-order valence-corrected chi connectivity index (χ1v) is 8.72. The predicted molar refractivity (Wildman–Crippen MR) is 93.1 cm³/mol. The summed E-state index contributed by atoms with van der Waals surface area (Å²) in [5.41, 5.74) is 4.16. The number of H-pyrrole nitrogens is 1. The van der Waals surface area contributed by atoms with Gasteiger partial charge in [-0.1, -0.05) is 6.92 Å². The van der Waals surface area contributed by atoms with E-state index in [1.54, 1.807) is 13.0 Å². The van der Waals surface area contributed by atoms with Crippen LogP contribution in [0, 0.1) is 0 Å². The molecule has 2 aromatic rings. The summed E-state index contributed by atoms with van der Waals surface area (Å²) in [5.74, 6) is -0.716. The van der Waals surface area contributed by atoms with Gasteiger partial charge >= 0.3 is 5.97 Å². The highest BCUT2D eigenvalue weighted by Crippen LogP contribution is 2.29. The molecule has 0 saturated heterocycles. The number of hydrogen-bond acceptors (Lipinski definition) is 3. The van der Waals surface area contributed by atoms with Crippen molar-refractivity contribution in [1.29, 1.82) is 0 Å². The maximum Gasteiger partial charge on any atom is 0.338 e. The minimum atomic E-state index is -0.792. The molecule has 1 atom stereocenters. The molecule has 1 aliphatic carbocycles. The summed E-state index contributed by atoms with van der Waals surface area (Å²) < 4.78 is 5.30. The summed E-state index contributed by atoms with van der Waals surface area (Å²) in [6.45, 7) is 4.16. The van der Waals surface area contributed by atoms with Crippen LogP contribution in [0.15, 0.2) is 18.2 Å². The summed E-state index contributed by atoms with van der Waals surface area (Å²) in [6, 6.07) is 5.56. The lowest BCUT2D eigenvalue weighted by Gasteiger charge is -2.13. The fourth-order valence-electron chi connectivity index (χ4n) is 3.21. The van der Waals surface area contributed by atoms with Crippen molar-refractivity contribution < 1.29 is 14.3 Å². The number of hydrogen-bond donors (Lipinski definition) is 2. The molecular formula is C19H24N2O3. The van der Waals surface area contributed by atoms with Gasteiger partial charge in [0.15, 0.2) is 6.10 Å². The number of aromatic amines is 1. The molecule has 0 radical (unpaired) electrons. The number of ether oxygens (including phenoxy) is 1. The average molecular weight is 328 g/mol. The molecule has 1 heterocycles. The molecule has 2 N–H and O–H groups in total. The second-order valence-corrected chi connectivity index (χ2v) is 6.39. The van der Waals surface area contributed by atoms with Gasteiger partial charge < -0.3 is 15.0 Å². The molecule has 0 bridgehead atoms. The normalized spacial score (nSPS) is 14.9. The van der Waals surface area contributed by atoms with E-state index < -0.39 is 12.1 Å². The fourth-order valence-corrected chi connectivity index (χ4v) is 3.21. The maximum atomic E-state index is 12.4. The van der Waals surface area contributed by atoms with E-state index in [1.165, 1.54) is 24.1 Å². The van der Waals surface area contributed by atoms with E-state index in [2.05, 4.69) is 10.3 Å². The molecule has 0 fully saturated rings. The van der Waals surface area contributed by atoms with Gasteiger partial charge in [-0.15, -0.1) is 0 Å². The summed E-state index contributed by atoms with van der Waals surface area (Å²) >= 11 is 0. The van der Waals surface area contributed by atoms with Crippen molar-refractivity contribution in [3.8, 4) is 0 Å². The van der Waals surface area contributed by atoms with E-state index in [1.807, 2.05) is 19.1 Å². The highest BCUT2D eigenvalue weighted by molar-refractivity contribution is 5.97. The molecular weight excluding hydrogens is 304 g/mol. The Morgan fingerprint density at radius 1 is 1.29 bits per heavy atom. The monoisotopic (exact) mass is 328 g/mol. The number of aryl methyl sites for hydroxylation is 2. The molecule has 1 aromatic carbocycles. The Morgan fingerprint density at radius 3 is 2.88 bits per heavy atom. The number of benzene rings is 1. The van der Waals surface area contributed by atoms with Crippen molar-refractivity contribution in [1.82, 2.24) is 10.3 Å². The Kier molecular flexibility index (Phi) is 4.88. The lowest BCUT2D eigenvalue weighted by atomic mass is 9.95. The van der Waals surface area contributed by atoms with Crippen LogP contribution in [0.4, 0.5) is 0 Å². The van der Waals surface area contributed by atoms with Gasteiger partial charge in [-0.2, -0.15) is 0 Å². The van der Waals surface area contributed by atoms with Gasteiger partial charge in [0.1, 0.15) is 0 Å². The molecule has 0 aliphatic heterocycles. The molecule has 1 amide bonds. The number of aromatic nitrogens is 1. The van der Waals surface area contributed by atoms with Crippen molar-refractivity contribution in [3.05, 3.63) is 35.0 Å². The average Bonchev–Trinajstić information content (AvgIpc) is 2.97. The number of carbonyl (C=O) groups is 2. The van der Waals surface area contributed by atoms with E-state index in [4.69, 9.17) is 4.74 Å². The van der Waals surface area contributed by atoms with Crippen LogP contribution in [0.5, 0.6) is 0 Å². The van der Waals surface area contributed by atoms with Gasteiger partial charge in [-0.05, 0) is 62.8 Å². The number of rotatable bonds is 5. The van der Waals surface area contributed by atoms with Gasteiger partial charge in [-0.3, -0.25) is 4.79 Å². The van der Waals surface area contributed by atoms with Gasteiger partial charge in [0.2, 0.25) is 0 Å². The van der Waals surface area contributed by atoms with Crippen LogP contribution in [0.2, 0.25) is 0 Å². The molecule has 1 aliphatic rings. The minimum Gasteiger partial charge on any atom is -0.449 e. The Hall–Kier alpha value is -2.30. The van der Waals surface area contributed by atoms with Gasteiger partial charge in [0.05, 0.1) is 5.56 Å². The van der Waals surface area contributed by atoms with Crippen LogP contribution in [0.3, 0.4) is 0 Å². The van der Waals surface area contributed by atoms with E-state index in [-0.39, 0.29) is 5.91 Å². The molecule has 5 nitrogen and oxygen atoms in total. The quantitative estimate of drug-likeness (QED) is 0.829. The smallest absolute Gasteiger partial charge is 0.338 e. The topological polar surface area (TPSA) is 71.2 Å². The van der Waals surface area contributed by atoms with Crippen molar-refractivity contribution in [3.63, 3.8) is 0 Å². The highest BCUT2D eigenvalue weighted by atomic mass is 16.5. The standard InChI is InChI=1S/C19H24N2O3/c1-3-10-20-18(22)12(2)24-19(23)13-8-9-17-15(11-13)14-6-4-5-7-16(14)21-17/h8-9,11-12,21H,3-7,10H2,1-2H3,(H,20,22)/t12-/m0/s1. The first kappa shape index (κ1) is 16.6. The summed E-state index contributed by atoms with van der Waals surface area (Å²) in [5, 5.41) is 3.83. The zero-order chi connectivity index (χ0) is 17.1. The Balaban J connectivity index is 1.76. The van der Waals surface area contributed by atoms with Crippen LogP contribution >= 0.6 is 0 Å². The zero-order valence-electron chi connectivity index (χ0n) is 14.3.